The molecule has 1 fully saturated rings. The van der Waals surface area contributed by atoms with Gasteiger partial charge in [0.05, 0.1) is 0 Å². The Kier molecular flexibility index (Phi) is 4.61. The zero-order valence-corrected chi connectivity index (χ0v) is 13.0. The lowest BCUT2D eigenvalue weighted by Gasteiger charge is -2.27. The van der Waals surface area contributed by atoms with Crippen molar-refractivity contribution in [1.29, 1.82) is 0 Å². The lowest BCUT2D eigenvalue weighted by atomic mass is 9.92. The third kappa shape index (κ3) is 3.45. The molecular formula is C14H19IN2O. The number of rotatable bonds is 2. The molecule has 0 radical (unpaired) electrons. The van der Waals surface area contributed by atoms with E-state index in [4.69, 9.17) is 0 Å². The van der Waals surface area contributed by atoms with E-state index < -0.39 is 0 Å². The first-order valence-corrected chi connectivity index (χ1v) is 7.44. The maximum atomic E-state index is 12.2. The van der Waals surface area contributed by atoms with Gasteiger partial charge in [-0.25, -0.2) is 0 Å². The van der Waals surface area contributed by atoms with E-state index in [-0.39, 0.29) is 11.8 Å². The van der Waals surface area contributed by atoms with Crippen LogP contribution < -0.4 is 10.6 Å². The van der Waals surface area contributed by atoms with Crippen molar-refractivity contribution in [3.05, 3.63) is 27.3 Å². The molecule has 2 unspecified atom stereocenters. The van der Waals surface area contributed by atoms with Crippen molar-refractivity contribution in [2.24, 2.45) is 5.92 Å². The number of benzene rings is 1. The van der Waals surface area contributed by atoms with Crippen molar-refractivity contribution >= 4 is 34.2 Å². The molecule has 0 aliphatic carbocycles. The molecule has 1 heterocycles. The second-order valence-electron chi connectivity index (χ2n) is 5.02. The largest absolute Gasteiger partial charge is 0.326 e. The zero-order valence-electron chi connectivity index (χ0n) is 10.8. The highest BCUT2D eigenvalue weighted by molar-refractivity contribution is 14.1. The van der Waals surface area contributed by atoms with Crippen LogP contribution in [-0.4, -0.2) is 18.5 Å². The van der Waals surface area contributed by atoms with Gasteiger partial charge in [0.25, 0.3) is 0 Å². The Balaban J connectivity index is 2.02. The van der Waals surface area contributed by atoms with Gasteiger partial charge in [0.15, 0.2) is 0 Å². The highest BCUT2D eigenvalue weighted by Gasteiger charge is 2.24. The van der Waals surface area contributed by atoms with Gasteiger partial charge in [-0.15, -0.1) is 0 Å². The van der Waals surface area contributed by atoms with Crippen LogP contribution in [0.4, 0.5) is 5.69 Å². The smallest absolute Gasteiger partial charge is 0.227 e. The molecule has 0 aromatic heterocycles. The van der Waals surface area contributed by atoms with Gasteiger partial charge in [0.2, 0.25) is 5.91 Å². The second kappa shape index (κ2) is 6.02. The van der Waals surface area contributed by atoms with E-state index in [1.165, 1.54) is 3.57 Å². The van der Waals surface area contributed by atoms with Crippen LogP contribution in [0.3, 0.4) is 0 Å². The summed E-state index contributed by atoms with van der Waals surface area (Å²) in [5.41, 5.74) is 2.06. The first-order chi connectivity index (χ1) is 8.56. The lowest BCUT2D eigenvalue weighted by Crippen LogP contribution is -2.40. The zero-order chi connectivity index (χ0) is 13.1. The van der Waals surface area contributed by atoms with Gasteiger partial charge in [0.1, 0.15) is 0 Å². The Morgan fingerprint density at radius 1 is 1.50 bits per heavy atom. The third-order valence-corrected chi connectivity index (χ3v) is 4.11. The molecule has 1 aromatic rings. The number of hydrogen-bond donors (Lipinski definition) is 2. The lowest BCUT2D eigenvalue weighted by molar-refractivity contribution is -0.120. The molecule has 2 N–H and O–H groups in total. The number of nitrogens with one attached hydrogen (secondary N) is 2. The van der Waals surface area contributed by atoms with E-state index in [1.807, 2.05) is 19.1 Å². The van der Waals surface area contributed by atoms with Gasteiger partial charge >= 0.3 is 0 Å². The number of hydrogen-bond acceptors (Lipinski definition) is 2. The molecule has 18 heavy (non-hydrogen) atoms. The maximum Gasteiger partial charge on any atom is 0.227 e. The summed E-state index contributed by atoms with van der Waals surface area (Å²) in [6.07, 6.45) is 1.86. The molecule has 0 spiro atoms. The van der Waals surface area contributed by atoms with Crippen LogP contribution in [0.15, 0.2) is 18.2 Å². The highest BCUT2D eigenvalue weighted by atomic mass is 127. The fourth-order valence-corrected chi connectivity index (χ4v) is 3.02. The van der Waals surface area contributed by atoms with E-state index in [1.54, 1.807) is 0 Å². The van der Waals surface area contributed by atoms with Gasteiger partial charge in [0, 0.05) is 21.2 Å². The summed E-state index contributed by atoms with van der Waals surface area (Å²) in [6, 6.07) is 6.53. The average molecular weight is 358 g/mol. The van der Waals surface area contributed by atoms with E-state index in [2.05, 4.69) is 46.2 Å². The average Bonchev–Trinajstić information content (AvgIpc) is 2.32. The minimum atomic E-state index is 0.139. The number of aryl methyl sites for hydroxylation is 1. The summed E-state index contributed by atoms with van der Waals surface area (Å²) >= 11 is 2.28. The van der Waals surface area contributed by atoms with E-state index in [0.29, 0.717) is 6.04 Å². The molecule has 98 valence electrons. The topological polar surface area (TPSA) is 41.1 Å². The van der Waals surface area contributed by atoms with Crippen LogP contribution in [0, 0.1) is 16.4 Å². The van der Waals surface area contributed by atoms with E-state index >= 15 is 0 Å². The first kappa shape index (κ1) is 13.8. The summed E-state index contributed by atoms with van der Waals surface area (Å²) in [6.45, 7) is 5.10. The Hall–Kier alpha value is -0.620. The third-order valence-electron chi connectivity index (χ3n) is 3.44. The minimum Gasteiger partial charge on any atom is -0.326 e. The quantitative estimate of drug-likeness (QED) is 0.799. The molecular weight excluding hydrogens is 339 g/mol. The molecule has 1 saturated heterocycles. The summed E-state index contributed by atoms with van der Waals surface area (Å²) in [4.78, 5) is 12.2. The van der Waals surface area contributed by atoms with Crippen molar-refractivity contribution in [3.63, 3.8) is 0 Å². The fourth-order valence-electron chi connectivity index (χ4n) is 2.37. The van der Waals surface area contributed by atoms with Crippen molar-refractivity contribution in [2.45, 2.75) is 32.7 Å². The normalized spacial score (nSPS) is 23.7. The molecule has 1 amide bonds. The molecule has 1 aliphatic heterocycles. The molecule has 0 bridgehead atoms. The van der Waals surface area contributed by atoms with E-state index in [9.17, 15) is 4.79 Å². The predicted octanol–water partition coefficient (Wildman–Crippen LogP) is 2.93. The van der Waals surface area contributed by atoms with Crippen molar-refractivity contribution in [3.8, 4) is 0 Å². The fraction of sp³-hybridized carbons (Fsp3) is 0.500. The van der Waals surface area contributed by atoms with Crippen molar-refractivity contribution < 1.29 is 4.79 Å². The van der Waals surface area contributed by atoms with E-state index in [0.717, 1.165) is 30.6 Å². The highest BCUT2D eigenvalue weighted by Crippen LogP contribution is 2.21. The number of anilines is 1. The molecule has 4 heteroatoms. The standard InChI is InChI=1S/C14H19IN2O/c1-9-7-12(15)3-4-13(9)17-14(18)11-5-6-16-10(2)8-11/h3-4,7,10-11,16H,5-6,8H2,1-2H3,(H,17,18). The van der Waals surface area contributed by atoms with Crippen molar-refractivity contribution in [2.75, 3.05) is 11.9 Å². The Labute approximate surface area is 122 Å². The Bertz CT molecular complexity index is 447. The number of piperidine rings is 1. The first-order valence-electron chi connectivity index (χ1n) is 6.36. The van der Waals surface area contributed by atoms with Crippen LogP contribution in [-0.2, 0) is 4.79 Å². The Morgan fingerprint density at radius 3 is 2.94 bits per heavy atom. The summed E-state index contributed by atoms with van der Waals surface area (Å²) in [5, 5.41) is 6.43. The van der Waals surface area contributed by atoms with Crippen LogP contribution in [0.1, 0.15) is 25.3 Å². The summed E-state index contributed by atoms with van der Waals surface area (Å²) in [5.74, 6) is 0.299. The van der Waals surface area contributed by atoms with Gasteiger partial charge < -0.3 is 10.6 Å². The number of halogens is 1. The summed E-state index contributed by atoms with van der Waals surface area (Å²) in [7, 11) is 0. The monoisotopic (exact) mass is 358 g/mol. The summed E-state index contributed by atoms with van der Waals surface area (Å²) < 4.78 is 1.19. The predicted molar refractivity (Wildman–Crippen MR) is 82.7 cm³/mol. The SMILES string of the molecule is Cc1cc(I)ccc1NC(=O)C1CCNC(C)C1. The second-order valence-corrected chi connectivity index (χ2v) is 6.27. The van der Waals surface area contributed by atoms with Gasteiger partial charge in [-0.3, -0.25) is 4.79 Å². The number of carbonyl (C=O) groups is 1. The number of carbonyl (C=O) groups excluding carboxylic acids is 1. The minimum absolute atomic E-state index is 0.139. The van der Waals surface area contributed by atoms with Gasteiger partial charge in [-0.05, 0) is 79.6 Å². The van der Waals surface area contributed by atoms with Crippen molar-refractivity contribution in [1.82, 2.24) is 5.32 Å². The van der Waals surface area contributed by atoms with Crippen LogP contribution in [0.25, 0.3) is 0 Å². The maximum absolute atomic E-state index is 12.2. The molecule has 1 aliphatic rings. The molecule has 2 rings (SSSR count). The molecule has 2 atom stereocenters. The molecule has 0 saturated carbocycles. The van der Waals surface area contributed by atoms with Crippen LogP contribution in [0.2, 0.25) is 0 Å². The Morgan fingerprint density at radius 2 is 2.28 bits per heavy atom. The van der Waals surface area contributed by atoms with Crippen LogP contribution >= 0.6 is 22.6 Å². The molecule has 3 nitrogen and oxygen atoms in total. The van der Waals surface area contributed by atoms with Crippen LogP contribution in [0.5, 0.6) is 0 Å². The molecule has 1 aromatic carbocycles. The number of amides is 1. The van der Waals surface area contributed by atoms with Gasteiger partial charge in [-0.1, -0.05) is 0 Å². The van der Waals surface area contributed by atoms with Gasteiger partial charge in [-0.2, -0.15) is 0 Å².